The van der Waals surface area contributed by atoms with E-state index in [0.29, 0.717) is 87.0 Å². The number of hydrogen-bond acceptors (Lipinski definition) is 10. The van der Waals surface area contributed by atoms with Crippen molar-refractivity contribution in [1.29, 1.82) is 0 Å². The van der Waals surface area contributed by atoms with Gasteiger partial charge in [0.05, 0.1) is 35.9 Å². The normalized spacial score (nSPS) is 48.4. The van der Waals surface area contributed by atoms with E-state index in [1.807, 2.05) is 25.2 Å². The van der Waals surface area contributed by atoms with Crippen molar-refractivity contribution in [3.63, 3.8) is 0 Å². The minimum atomic E-state index is -1.88. The predicted molar refractivity (Wildman–Crippen MR) is 280 cm³/mol. The summed E-state index contributed by atoms with van der Waals surface area (Å²) in [5.74, 6) is 6.04. The number of likely N-dealkylation sites (N-methyl/N-ethyl adjacent to an activating group) is 1. The highest BCUT2D eigenvalue weighted by atomic mass is 16.5. The Balaban J connectivity index is 0.978. The molecule has 4 bridgehead atoms. The van der Waals surface area contributed by atoms with Crippen molar-refractivity contribution in [2.45, 2.75) is 189 Å². The van der Waals surface area contributed by atoms with Gasteiger partial charge in [0.2, 0.25) is 0 Å². The van der Waals surface area contributed by atoms with Gasteiger partial charge in [-0.3, -0.25) is 0 Å². The third kappa shape index (κ3) is 6.38. The Morgan fingerprint density at radius 1 is 0.851 bits per heavy atom. The van der Waals surface area contributed by atoms with Crippen molar-refractivity contribution in [2.24, 2.45) is 80.8 Å². The standard InChI is InChI=1S/C64H83NO9/c1-38(39-11-6-7-12-39)42-18-21-51-57(70)58(25-22-44-27-43(19-20-50(44)58)40-13-4-3-5-14-40)35-59(36-67)54-23-26-60-24-9-8-15-41-16-10-17-45(34-66)48(41)30-53(65-2)49-29-46(61(60,37-68)52-31-55(69)74-56(49)52)33-63(60,72)62(54,71)32-47(28-42)64(51,59)73/h3-5,10,13-14,16-17,31,36,38-39,42-44,46-47,49-51,53-54,56-57,65-66,68,70-73H,6-7,9,11-12,18-30,32-35,37H2,1-2H3/t38-,42-,43+,44+,46-,47+,49-,50-,51-,53+,54+,56+,57+,58-,59-,60+,61+,62-,63+,64-/m0/s1. The molecule has 0 amide bonds. The fourth-order valence-electron chi connectivity index (χ4n) is 22.4. The van der Waals surface area contributed by atoms with Crippen LogP contribution in [0.15, 0.2) is 60.2 Å². The molecule has 1 heterocycles. The fourth-order valence-corrected chi connectivity index (χ4v) is 22.4. The molecule has 2 aromatic rings. The van der Waals surface area contributed by atoms with Gasteiger partial charge in [0.25, 0.3) is 0 Å². The first-order chi connectivity index (χ1) is 35.7. The molecule has 11 aliphatic carbocycles. The van der Waals surface area contributed by atoms with Crippen LogP contribution in [0.4, 0.5) is 0 Å². The van der Waals surface area contributed by atoms with Gasteiger partial charge in [-0.05, 0) is 185 Å². The molecular weight excluding hydrogens is 927 g/mol. The Hall–Kier alpha value is -3.40. The summed E-state index contributed by atoms with van der Waals surface area (Å²) in [5, 5.41) is 84.4. The van der Waals surface area contributed by atoms with Crippen LogP contribution in [-0.4, -0.2) is 91.6 Å². The second kappa shape index (κ2) is 17.8. The van der Waals surface area contributed by atoms with Gasteiger partial charge in [-0.2, -0.15) is 0 Å². The molecule has 0 saturated heterocycles. The molecule has 2 aromatic carbocycles. The zero-order valence-electron chi connectivity index (χ0n) is 44.0. The maximum Gasteiger partial charge on any atom is 0.331 e. The van der Waals surface area contributed by atoms with Crippen molar-refractivity contribution in [1.82, 2.24) is 5.32 Å². The zero-order chi connectivity index (χ0) is 51.2. The molecule has 20 atom stereocenters. The summed E-state index contributed by atoms with van der Waals surface area (Å²) in [4.78, 5) is 29.3. The van der Waals surface area contributed by atoms with Crippen LogP contribution in [0.5, 0.6) is 0 Å². The number of carbonyl (C=O) groups is 2. The minimum Gasteiger partial charge on any atom is -0.454 e. The summed E-state index contributed by atoms with van der Waals surface area (Å²) >= 11 is 0. The van der Waals surface area contributed by atoms with E-state index in [9.17, 15) is 35.4 Å². The number of fused-ring (bicyclic) bond motifs is 8. The van der Waals surface area contributed by atoms with E-state index in [1.165, 1.54) is 31.2 Å². The smallest absolute Gasteiger partial charge is 0.331 e. The van der Waals surface area contributed by atoms with Crippen LogP contribution >= 0.6 is 0 Å². The molecule has 2 spiro atoms. The highest BCUT2D eigenvalue weighted by Gasteiger charge is 2.87. The second-order valence-corrected chi connectivity index (χ2v) is 27.0. The molecule has 1 aliphatic heterocycles. The topological polar surface area (TPSA) is 177 Å². The van der Waals surface area contributed by atoms with E-state index < -0.39 is 74.4 Å². The number of rotatable bonds is 7. The lowest BCUT2D eigenvalue weighted by Gasteiger charge is -2.74. The van der Waals surface area contributed by atoms with Crippen LogP contribution in [0.3, 0.4) is 0 Å². The number of aliphatic hydroxyl groups is 6. The Morgan fingerprint density at radius 2 is 1.65 bits per heavy atom. The molecule has 0 aromatic heterocycles. The van der Waals surface area contributed by atoms with Crippen LogP contribution in [0.2, 0.25) is 0 Å². The third-order valence-corrected chi connectivity index (χ3v) is 25.4. The lowest BCUT2D eigenvalue weighted by atomic mass is 9.32. The van der Waals surface area contributed by atoms with E-state index >= 15 is 4.79 Å². The van der Waals surface area contributed by atoms with Gasteiger partial charge in [0.1, 0.15) is 18.0 Å². The van der Waals surface area contributed by atoms with Crippen LogP contribution in [0.1, 0.15) is 164 Å². The molecule has 14 rings (SSSR count). The molecule has 74 heavy (non-hydrogen) atoms. The molecule has 0 unspecified atom stereocenters. The molecule has 7 N–H and O–H groups in total. The zero-order valence-corrected chi connectivity index (χ0v) is 44.0. The van der Waals surface area contributed by atoms with E-state index in [4.69, 9.17) is 4.74 Å². The van der Waals surface area contributed by atoms with Crippen molar-refractivity contribution in [2.75, 3.05) is 13.7 Å². The Bertz CT molecular complexity index is 2640. The van der Waals surface area contributed by atoms with E-state index in [1.54, 1.807) is 6.08 Å². The van der Waals surface area contributed by atoms with Gasteiger partial charge in [-0.15, -0.1) is 0 Å². The summed E-state index contributed by atoms with van der Waals surface area (Å²) in [6, 6.07) is 16.5. The third-order valence-electron chi connectivity index (χ3n) is 25.4. The number of aliphatic hydroxyl groups excluding tert-OH is 3. The number of ether oxygens (including phenoxy) is 1. The fraction of sp³-hybridized carbons (Fsp3) is 0.719. The van der Waals surface area contributed by atoms with Crippen LogP contribution < -0.4 is 5.32 Å². The molecular formula is C64H83NO9. The Morgan fingerprint density at radius 3 is 2.41 bits per heavy atom. The monoisotopic (exact) mass is 1010 g/mol. The molecule has 10 heteroatoms. The van der Waals surface area contributed by atoms with Gasteiger partial charge in [-0.25, -0.2) is 4.79 Å². The summed E-state index contributed by atoms with van der Waals surface area (Å²) in [6.45, 7) is 1.90. The van der Waals surface area contributed by atoms with Gasteiger partial charge in [0, 0.05) is 58.1 Å². The van der Waals surface area contributed by atoms with Crippen molar-refractivity contribution < 1.29 is 45.0 Å². The number of esters is 1. The number of benzene rings is 2. The van der Waals surface area contributed by atoms with E-state index in [-0.39, 0.29) is 55.8 Å². The largest absolute Gasteiger partial charge is 0.454 e. The van der Waals surface area contributed by atoms with Gasteiger partial charge in [-0.1, -0.05) is 86.9 Å². The number of carbonyl (C=O) groups excluding carboxylic acids is 2. The summed E-state index contributed by atoms with van der Waals surface area (Å²) < 4.78 is 6.39. The van der Waals surface area contributed by atoms with Crippen LogP contribution in [0.25, 0.3) is 0 Å². The number of aldehydes is 1. The molecule has 12 aliphatic rings. The SMILES string of the molecule is CN[C@@H]1Cc2c(cccc2CO)C#CCC[C@]23CC[C@H]4[C@@](O)(C[C@H]5C[C@@H]([C@@H](C)C6CCCC6)CC[C@H]6[C@@H](O)[C@@]7(CC[C@@H]8C[C@H](c9ccccc9)CC[C@@H]87)C[C@@]4(C=O)[C@]56O)[C@@]2(O)C[C@@H]2C[C@@H]1[C@H]1OC(=O)C=C1[C@@]23CO. The van der Waals surface area contributed by atoms with E-state index in [0.717, 1.165) is 61.5 Å². The molecule has 9 saturated carbocycles. The maximum atomic E-state index is 15.3. The average Bonchev–Trinajstić information content (AvgIpc) is 4.30. The second-order valence-electron chi connectivity index (χ2n) is 27.0. The predicted octanol–water partition coefficient (Wildman–Crippen LogP) is 8.11. The quantitative estimate of drug-likeness (QED) is 0.0816. The van der Waals surface area contributed by atoms with Gasteiger partial charge in [0.15, 0.2) is 0 Å². The Labute approximate surface area is 438 Å². The number of nitrogens with one attached hydrogen (secondary N) is 1. The lowest BCUT2D eigenvalue weighted by Crippen LogP contribution is -2.83. The molecule has 10 nitrogen and oxygen atoms in total. The summed E-state index contributed by atoms with van der Waals surface area (Å²) in [5.41, 5.74) is -5.16. The van der Waals surface area contributed by atoms with Crippen molar-refractivity contribution >= 4 is 12.3 Å². The van der Waals surface area contributed by atoms with Crippen molar-refractivity contribution in [3.8, 4) is 11.8 Å². The Kier molecular flexibility index (Phi) is 12.1. The highest BCUT2D eigenvalue weighted by Crippen LogP contribution is 2.82. The lowest BCUT2D eigenvalue weighted by molar-refractivity contribution is -0.361. The first-order valence-electron chi connectivity index (χ1n) is 29.5. The van der Waals surface area contributed by atoms with Crippen molar-refractivity contribution in [3.05, 3.63) is 82.4 Å². The molecule has 398 valence electrons. The minimum absolute atomic E-state index is 0.0919. The summed E-state index contributed by atoms with van der Waals surface area (Å²) in [6.07, 6.45) is 15.7. The van der Waals surface area contributed by atoms with Gasteiger partial charge < -0.3 is 45.5 Å². The molecule has 0 radical (unpaired) electrons. The summed E-state index contributed by atoms with van der Waals surface area (Å²) in [7, 11) is 1.92. The average molecular weight is 1010 g/mol. The first kappa shape index (κ1) is 50.1. The highest BCUT2D eigenvalue weighted by molar-refractivity contribution is 5.87. The number of hydrogen-bond donors (Lipinski definition) is 7. The van der Waals surface area contributed by atoms with Gasteiger partial charge >= 0.3 is 5.97 Å². The first-order valence-corrected chi connectivity index (χ1v) is 29.5. The van der Waals surface area contributed by atoms with E-state index in [2.05, 4.69) is 54.4 Å². The molecule has 9 fully saturated rings. The van der Waals surface area contributed by atoms with Crippen LogP contribution in [-0.2, 0) is 27.4 Å². The maximum absolute atomic E-state index is 15.3. The van der Waals surface area contributed by atoms with Crippen LogP contribution in [0, 0.1) is 92.7 Å².